The van der Waals surface area contributed by atoms with E-state index < -0.39 is 5.82 Å². The van der Waals surface area contributed by atoms with Crippen molar-refractivity contribution in [3.63, 3.8) is 0 Å². The molecule has 4 heteroatoms. The molecule has 0 bridgehead atoms. The smallest absolute Gasteiger partial charge is 0.194 e. The quantitative estimate of drug-likeness (QED) is 0.558. The second-order valence-corrected chi connectivity index (χ2v) is 3.04. The van der Waals surface area contributed by atoms with E-state index in [9.17, 15) is 9.18 Å². The van der Waals surface area contributed by atoms with Gasteiger partial charge in [0.1, 0.15) is 11.4 Å². The number of furan rings is 1. The number of ketones is 1. The molecule has 0 aliphatic rings. The molecule has 1 aromatic heterocycles. The first-order valence-electron chi connectivity index (χ1n) is 4.08. The van der Waals surface area contributed by atoms with E-state index in [4.69, 9.17) is 10.2 Å². The van der Waals surface area contributed by atoms with E-state index in [2.05, 4.69) is 0 Å². The van der Waals surface area contributed by atoms with Crippen molar-refractivity contribution < 1.29 is 13.6 Å². The minimum atomic E-state index is -0.506. The number of nitrogens with two attached hydrogens (primary N) is 1. The van der Waals surface area contributed by atoms with Gasteiger partial charge in [-0.15, -0.1) is 0 Å². The molecule has 0 saturated heterocycles. The third kappa shape index (κ3) is 1.16. The van der Waals surface area contributed by atoms with Crippen LogP contribution in [-0.2, 0) is 0 Å². The van der Waals surface area contributed by atoms with Crippen molar-refractivity contribution in [2.45, 2.75) is 6.92 Å². The summed E-state index contributed by atoms with van der Waals surface area (Å²) in [7, 11) is 0. The molecule has 72 valence electrons. The number of rotatable bonds is 1. The first-order chi connectivity index (χ1) is 6.59. The Balaban J connectivity index is 2.77. The number of carbonyl (C=O) groups excluding carboxylic acids is 1. The van der Waals surface area contributed by atoms with Crippen LogP contribution in [0.4, 0.5) is 10.1 Å². The second-order valence-electron chi connectivity index (χ2n) is 3.04. The van der Waals surface area contributed by atoms with Crippen LogP contribution >= 0.6 is 0 Å². The topological polar surface area (TPSA) is 56.2 Å². The van der Waals surface area contributed by atoms with Crippen LogP contribution in [0.2, 0.25) is 0 Å². The zero-order chi connectivity index (χ0) is 10.3. The van der Waals surface area contributed by atoms with Crippen LogP contribution in [0, 0.1) is 5.82 Å². The number of nitrogen functional groups attached to an aromatic ring is 1. The molecule has 2 rings (SSSR count). The third-order valence-corrected chi connectivity index (χ3v) is 2.04. The van der Waals surface area contributed by atoms with Gasteiger partial charge in [0.2, 0.25) is 0 Å². The number of hydrogen-bond donors (Lipinski definition) is 1. The molecular weight excluding hydrogens is 185 g/mol. The maximum absolute atomic E-state index is 13.0. The van der Waals surface area contributed by atoms with Gasteiger partial charge in [0.15, 0.2) is 11.5 Å². The Kier molecular flexibility index (Phi) is 1.77. The van der Waals surface area contributed by atoms with Gasteiger partial charge in [-0.25, -0.2) is 4.39 Å². The molecule has 0 aliphatic carbocycles. The second kappa shape index (κ2) is 2.83. The van der Waals surface area contributed by atoms with Crippen LogP contribution in [0.15, 0.2) is 22.6 Å². The molecule has 14 heavy (non-hydrogen) atoms. The summed E-state index contributed by atoms with van der Waals surface area (Å²) in [5.41, 5.74) is 5.92. The molecule has 2 aromatic rings. The average Bonchev–Trinajstić information content (AvgIpc) is 2.56. The van der Waals surface area contributed by atoms with Crippen LogP contribution in [0.3, 0.4) is 0 Å². The Hall–Kier alpha value is -1.84. The van der Waals surface area contributed by atoms with Gasteiger partial charge in [-0.1, -0.05) is 0 Å². The molecule has 2 N–H and O–H groups in total. The van der Waals surface area contributed by atoms with Crippen molar-refractivity contribution in [3.05, 3.63) is 29.8 Å². The van der Waals surface area contributed by atoms with E-state index in [-0.39, 0.29) is 17.2 Å². The van der Waals surface area contributed by atoms with E-state index in [0.717, 1.165) is 0 Å². The van der Waals surface area contributed by atoms with E-state index in [1.54, 1.807) is 0 Å². The summed E-state index contributed by atoms with van der Waals surface area (Å²) in [6.45, 7) is 1.38. The largest absolute Gasteiger partial charge is 0.453 e. The van der Waals surface area contributed by atoms with Crippen molar-refractivity contribution in [2.75, 3.05) is 5.73 Å². The number of hydrogen-bond acceptors (Lipinski definition) is 3. The molecule has 0 spiro atoms. The summed E-state index contributed by atoms with van der Waals surface area (Å²) in [6, 6.07) is 4.12. The minimum Gasteiger partial charge on any atom is -0.453 e. The van der Waals surface area contributed by atoms with E-state index in [0.29, 0.717) is 11.0 Å². The van der Waals surface area contributed by atoms with Crippen LogP contribution in [0.5, 0.6) is 0 Å². The van der Waals surface area contributed by atoms with Crippen molar-refractivity contribution in [2.24, 2.45) is 0 Å². The average molecular weight is 193 g/mol. The summed E-state index contributed by atoms with van der Waals surface area (Å²) >= 11 is 0. The summed E-state index contributed by atoms with van der Waals surface area (Å²) in [6.07, 6.45) is 0. The highest BCUT2D eigenvalue weighted by atomic mass is 19.1. The Morgan fingerprint density at radius 3 is 2.86 bits per heavy atom. The van der Waals surface area contributed by atoms with Gasteiger partial charge in [-0.2, -0.15) is 0 Å². The first-order valence-corrected chi connectivity index (χ1v) is 4.08. The Morgan fingerprint density at radius 2 is 2.21 bits per heavy atom. The van der Waals surface area contributed by atoms with Gasteiger partial charge in [0.25, 0.3) is 0 Å². The van der Waals surface area contributed by atoms with Gasteiger partial charge in [0.05, 0.1) is 5.69 Å². The number of carbonyl (C=O) groups is 1. The lowest BCUT2D eigenvalue weighted by atomic mass is 10.2. The zero-order valence-corrected chi connectivity index (χ0v) is 7.50. The molecular formula is C10H8FNO2. The SMILES string of the molecule is CC(=O)c1cc2c(N)c(F)ccc2o1. The lowest BCUT2D eigenvalue weighted by molar-refractivity contribution is 0.0989. The molecule has 0 fully saturated rings. The number of Topliss-reactive ketones (excluding diaryl/α,β-unsaturated/α-hetero) is 1. The maximum Gasteiger partial charge on any atom is 0.194 e. The van der Waals surface area contributed by atoms with E-state index >= 15 is 0 Å². The molecule has 0 amide bonds. The molecule has 1 aromatic carbocycles. The van der Waals surface area contributed by atoms with Crippen LogP contribution in [0.25, 0.3) is 11.0 Å². The maximum atomic E-state index is 13.0. The molecule has 3 nitrogen and oxygen atoms in total. The Bertz CT molecular complexity index is 516. The van der Waals surface area contributed by atoms with E-state index in [1.807, 2.05) is 0 Å². The van der Waals surface area contributed by atoms with Crippen molar-refractivity contribution in [1.29, 1.82) is 0 Å². The highest BCUT2D eigenvalue weighted by molar-refractivity contribution is 5.99. The third-order valence-electron chi connectivity index (χ3n) is 2.04. The lowest BCUT2D eigenvalue weighted by Gasteiger charge is -1.95. The Labute approximate surface area is 79.3 Å². The normalized spacial score (nSPS) is 10.7. The standard InChI is InChI=1S/C10H8FNO2/c1-5(13)9-4-6-8(14-9)3-2-7(11)10(6)12/h2-4H,12H2,1H3. The monoisotopic (exact) mass is 193 g/mol. The predicted octanol–water partition coefficient (Wildman–Crippen LogP) is 2.36. The molecule has 0 aliphatic heterocycles. The van der Waals surface area contributed by atoms with Crippen LogP contribution < -0.4 is 5.73 Å². The molecule has 1 heterocycles. The van der Waals surface area contributed by atoms with Crippen LogP contribution in [-0.4, -0.2) is 5.78 Å². The number of fused-ring (bicyclic) bond motifs is 1. The number of anilines is 1. The fourth-order valence-corrected chi connectivity index (χ4v) is 1.28. The molecule has 0 unspecified atom stereocenters. The molecule has 0 radical (unpaired) electrons. The van der Waals surface area contributed by atoms with Crippen LogP contribution in [0.1, 0.15) is 17.5 Å². The lowest BCUT2D eigenvalue weighted by Crippen LogP contribution is -1.89. The summed E-state index contributed by atoms with van der Waals surface area (Å²) in [5.74, 6) is -0.522. The van der Waals surface area contributed by atoms with Gasteiger partial charge >= 0.3 is 0 Å². The minimum absolute atomic E-state index is 0.0127. The predicted molar refractivity (Wildman–Crippen MR) is 50.6 cm³/mol. The Morgan fingerprint density at radius 1 is 1.50 bits per heavy atom. The highest BCUT2D eigenvalue weighted by Gasteiger charge is 2.11. The van der Waals surface area contributed by atoms with Gasteiger partial charge in [-0.3, -0.25) is 4.79 Å². The summed E-state index contributed by atoms with van der Waals surface area (Å²) < 4.78 is 18.2. The number of benzene rings is 1. The van der Waals surface area contributed by atoms with Gasteiger partial charge in [-0.05, 0) is 18.2 Å². The van der Waals surface area contributed by atoms with Crippen molar-refractivity contribution in [3.8, 4) is 0 Å². The highest BCUT2D eigenvalue weighted by Crippen LogP contribution is 2.27. The van der Waals surface area contributed by atoms with E-state index in [1.165, 1.54) is 25.1 Å². The summed E-state index contributed by atoms with van der Waals surface area (Å²) in [5, 5.41) is 0.440. The molecule has 0 atom stereocenters. The van der Waals surface area contributed by atoms with Gasteiger partial charge in [0, 0.05) is 12.3 Å². The number of halogens is 1. The zero-order valence-electron chi connectivity index (χ0n) is 7.50. The van der Waals surface area contributed by atoms with Crippen molar-refractivity contribution >= 4 is 22.4 Å². The fraction of sp³-hybridized carbons (Fsp3) is 0.100. The molecule has 0 saturated carbocycles. The van der Waals surface area contributed by atoms with Gasteiger partial charge < -0.3 is 10.2 Å². The van der Waals surface area contributed by atoms with Crippen molar-refractivity contribution in [1.82, 2.24) is 0 Å². The first kappa shape index (κ1) is 8.74. The summed E-state index contributed by atoms with van der Waals surface area (Å²) in [4.78, 5) is 11.0. The fourth-order valence-electron chi connectivity index (χ4n) is 1.28.